The molecule has 1 aromatic carbocycles. The summed E-state index contributed by atoms with van der Waals surface area (Å²) in [5.41, 5.74) is 1.27. The number of anilines is 1. The minimum Gasteiger partial charge on any atom is -0.376 e. The van der Waals surface area contributed by atoms with Gasteiger partial charge in [-0.05, 0) is 79.8 Å². The molecule has 35 heavy (non-hydrogen) atoms. The van der Waals surface area contributed by atoms with Gasteiger partial charge in [0.1, 0.15) is 6.17 Å². The molecule has 4 fully saturated rings. The zero-order valence-corrected chi connectivity index (χ0v) is 20.9. The summed E-state index contributed by atoms with van der Waals surface area (Å²) >= 11 is 0. The van der Waals surface area contributed by atoms with Gasteiger partial charge in [0.25, 0.3) is 0 Å². The highest BCUT2D eigenvalue weighted by Gasteiger charge is 2.53. The average molecular weight is 472 g/mol. The van der Waals surface area contributed by atoms with Gasteiger partial charge in [0.2, 0.25) is 5.91 Å². The van der Waals surface area contributed by atoms with Crippen LogP contribution in [0.3, 0.4) is 0 Å². The minimum atomic E-state index is -0.803. The van der Waals surface area contributed by atoms with Crippen molar-refractivity contribution in [2.75, 3.05) is 5.32 Å². The molecule has 1 amide bonds. The van der Waals surface area contributed by atoms with Crippen LogP contribution in [0.15, 0.2) is 53.6 Å². The van der Waals surface area contributed by atoms with Crippen molar-refractivity contribution in [2.24, 2.45) is 39.5 Å². The molecular formula is C30H37N3O2. The number of fused-ring (bicyclic) bond motifs is 1. The van der Waals surface area contributed by atoms with Crippen LogP contribution in [0.25, 0.3) is 0 Å². The van der Waals surface area contributed by atoms with E-state index in [1.54, 1.807) is 12.2 Å². The molecule has 3 atom stereocenters. The normalized spacial score (nSPS) is 38.8. The van der Waals surface area contributed by atoms with Crippen LogP contribution in [-0.4, -0.2) is 30.1 Å². The summed E-state index contributed by atoms with van der Waals surface area (Å²) in [5.74, 6) is 2.60. The van der Waals surface area contributed by atoms with E-state index >= 15 is 0 Å². The van der Waals surface area contributed by atoms with Crippen molar-refractivity contribution in [3.05, 3.63) is 54.1 Å². The number of nitrogens with one attached hydrogen (secondary N) is 2. The predicted molar refractivity (Wildman–Crippen MR) is 139 cm³/mol. The number of hydrogen-bond acceptors (Lipinski definition) is 4. The highest BCUT2D eigenvalue weighted by molar-refractivity contribution is 5.99. The first kappa shape index (κ1) is 22.8. The van der Waals surface area contributed by atoms with Crippen molar-refractivity contribution < 1.29 is 9.59 Å². The Labute approximate surface area is 208 Å². The third-order valence-electron chi connectivity index (χ3n) is 9.60. The van der Waals surface area contributed by atoms with Gasteiger partial charge in [0, 0.05) is 23.9 Å². The van der Waals surface area contributed by atoms with Crippen molar-refractivity contribution in [3.8, 4) is 0 Å². The number of aliphatic imine (C=N–C) groups is 1. The number of para-hydroxylation sites is 1. The van der Waals surface area contributed by atoms with Crippen LogP contribution in [0.1, 0.15) is 64.4 Å². The first-order chi connectivity index (χ1) is 16.9. The molecule has 1 heterocycles. The molecule has 6 aliphatic rings. The van der Waals surface area contributed by atoms with Crippen LogP contribution in [0, 0.1) is 34.5 Å². The number of carbonyl (C=O) groups excluding carboxylic acids is 2. The zero-order valence-electron chi connectivity index (χ0n) is 20.9. The Morgan fingerprint density at radius 3 is 2.43 bits per heavy atom. The van der Waals surface area contributed by atoms with E-state index in [0.717, 1.165) is 29.0 Å². The second-order valence-electron chi connectivity index (χ2n) is 12.3. The maximum atomic E-state index is 13.6. The van der Waals surface area contributed by atoms with Crippen molar-refractivity contribution in [2.45, 2.75) is 71.0 Å². The fourth-order valence-corrected chi connectivity index (χ4v) is 8.48. The molecule has 4 bridgehead atoms. The highest BCUT2D eigenvalue weighted by Crippen LogP contribution is 2.61. The molecule has 5 nitrogen and oxygen atoms in total. The second kappa shape index (κ2) is 8.46. The number of ketones is 1. The number of hydrogen-bond donors (Lipinski definition) is 2. The summed E-state index contributed by atoms with van der Waals surface area (Å²) in [4.78, 5) is 32.0. The van der Waals surface area contributed by atoms with Gasteiger partial charge in [0.15, 0.2) is 5.78 Å². The molecule has 4 saturated carbocycles. The molecule has 2 unspecified atom stereocenters. The first-order valence-electron chi connectivity index (χ1n) is 13.5. The summed E-state index contributed by atoms with van der Waals surface area (Å²) < 4.78 is 0. The van der Waals surface area contributed by atoms with Gasteiger partial charge in [-0.3, -0.25) is 14.6 Å². The SMILES string of the molecule is CC(C)C1(C2Nc3ccccc3C=N[C@H]2NC(=O)CC23CC4CC(CC(C4)C2)C3)C=CC=CC1=O. The molecule has 7 rings (SSSR count). The van der Waals surface area contributed by atoms with Crippen LogP contribution in [0.2, 0.25) is 0 Å². The molecule has 1 aromatic rings. The molecule has 0 aromatic heterocycles. The van der Waals surface area contributed by atoms with E-state index in [2.05, 4.69) is 24.5 Å². The maximum Gasteiger partial charge on any atom is 0.222 e. The number of carbonyl (C=O) groups is 2. The number of nitrogens with zero attached hydrogens (tertiary/aromatic N) is 1. The lowest BCUT2D eigenvalue weighted by atomic mass is 9.49. The van der Waals surface area contributed by atoms with Crippen LogP contribution < -0.4 is 10.6 Å². The Morgan fingerprint density at radius 1 is 1.09 bits per heavy atom. The lowest BCUT2D eigenvalue weighted by molar-refractivity contribution is -0.131. The summed E-state index contributed by atoms with van der Waals surface area (Å²) in [7, 11) is 0. The molecule has 2 N–H and O–H groups in total. The summed E-state index contributed by atoms with van der Waals surface area (Å²) in [6.45, 7) is 4.16. The average Bonchev–Trinajstić information content (AvgIpc) is 2.98. The van der Waals surface area contributed by atoms with E-state index < -0.39 is 17.6 Å². The van der Waals surface area contributed by atoms with E-state index in [9.17, 15) is 9.59 Å². The predicted octanol–water partition coefficient (Wildman–Crippen LogP) is 5.29. The van der Waals surface area contributed by atoms with Crippen molar-refractivity contribution in [1.29, 1.82) is 0 Å². The van der Waals surface area contributed by atoms with E-state index in [1.807, 2.05) is 42.6 Å². The van der Waals surface area contributed by atoms with E-state index in [-0.39, 0.29) is 23.0 Å². The van der Waals surface area contributed by atoms with Crippen molar-refractivity contribution in [1.82, 2.24) is 5.32 Å². The quantitative estimate of drug-likeness (QED) is 0.613. The van der Waals surface area contributed by atoms with E-state index in [0.29, 0.717) is 6.42 Å². The highest BCUT2D eigenvalue weighted by atomic mass is 16.2. The molecule has 0 spiro atoms. The Balaban J connectivity index is 1.30. The molecule has 5 heteroatoms. The lowest BCUT2D eigenvalue weighted by Crippen LogP contribution is -2.59. The second-order valence-corrected chi connectivity index (χ2v) is 12.3. The first-order valence-corrected chi connectivity index (χ1v) is 13.5. The summed E-state index contributed by atoms with van der Waals surface area (Å²) in [5, 5.41) is 6.96. The molecule has 1 aliphatic heterocycles. The van der Waals surface area contributed by atoms with Crippen LogP contribution >= 0.6 is 0 Å². The smallest absolute Gasteiger partial charge is 0.222 e. The fourth-order valence-electron chi connectivity index (χ4n) is 8.48. The number of allylic oxidation sites excluding steroid dienone is 3. The third kappa shape index (κ3) is 3.88. The third-order valence-corrected chi connectivity index (χ3v) is 9.60. The van der Waals surface area contributed by atoms with Gasteiger partial charge < -0.3 is 10.6 Å². The molecule has 5 aliphatic carbocycles. The Kier molecular flexibility index (Phi) is 5.50. The largest absolute Gasteiger partial charge is 0.376 e. The fraction of sp³-hybridized carbons (Fsp3) is 0.567. The number of benzodiazepines with no additional fused rings is 1. The number of rotatable bonds is 5. The van der Waals surface area contributed by atoms with Crippen LogP contribution in [-0.2, 0) is 9.59 Å². The van der Waals surface area contributed by atoms with Gasteiger partial charge in [-0.1, -0.05) is 50.3 Å². The van der Waals surface area contributed by atoms with E-state index in [4.69, 9.17) is 4.99 Å². The van der Waals surface area contributed by atoms with Gasteiger partial charge >= 0.3 is 0 Å². The van der Waals surface area contributed by atoms with Gasteiger partial charge in [0.05, 0.1) is 11.5 Å². The molecule has 184 valence electrons. The number of benzene rings is 1. The standard InChI is InChI=1S/C30H37N3O2/c1-19(2)30(10-6-5-9-25(30)34)27-28(31-18-23-7-3-4-8-24(23)32-27)33-26(35)17-29-14-20-11-21(15-29)13-22(12-20)16-29/h3-10,18-22,27-28,32H,11-17H2,1-2H3,(H,33,35)/t20?,21?,22?,27?,28-,29?,30?/m0/s1. The van der Waals surface area contributed by atoms with Gasteiger partial charge in [-0.15, -0.1) is 0 Å². The minimum absolute atomic E-state index is 0.0247. The van der Waals surface area contributed by atoms with E-state index in [1.165, 1.54) is 38.5 Å². The van der Waals surface area contributed by atoms with Crippen molar-refractivity contribution >= 4 is 23.6 Å². The molecular weight excluding hydrogens is 434 g/mol. The zero-order chi connectivity index (χ0) is 24.2. The Hall–Kier alpha value is -2.69. The van der Waals surface area contributed by atoms with Crippen molar-refractivity contribution in [3.63, 3.8) is 0 Å². The van der Waals surface area contributed by atoms with Gasteiger partial charge in [-0.25, -0.2) is 0 Å². The number of amides is 1. The molecule has 0 radical (unpaired) electrons. The lowest BCUT2D eigenvalue weighted by Gasteiger charge is -2.56. The monoisotopic (exact) mass is 471 g/mol. The van der Waals surface area contributed by atoms with Crippen LogP contribution in [0.4, 0.5) is 5.69 Å². The maximum absolute atomic E-state index is 13.6. The Bertz CT molecular complexity index is 1080. The molecule has 0 saturated heterocycles. The van der Waals surface area contributed by atoms with Gasteiger partial charge in [-0.2, -0.15) is 0 Å². The summed E-state index contributed by atoms with van der Waals surface area (Å²) in [6, 6.07) is 7.62. The Morgan fingerprint density at radius 2 is 1.77 bits per heavy atom. The summed E-state index contributed by atoms with van der Waals surface area (Å²) in [6.07, 6.45) is 17.1. The van der Waals surface area contributed by atoms with Crippen LogP contribution in [0.5, 0.6) is 0 Å². The topological polar surface area (TPSA) is 70.6 Å².